The predicted molar refractivity (Wildman–Crippen MR) is 106 cm³/mol. The highest BCUT2D eigenvalue weighted by molar-refractivity contribution is 6.32. The van der Waals surface area contributed by atoms with Gasteiger partial charge in [0.2, 0.25) is 0 Å². The largest absolute Gasteiger partial charge is 0.487 e. The van der Waals surface area contributed by atoms with Crippen molar-refractivity contribution in [3.8, 4) is 5.75 Å². The van der Waals surface area contributed by atoms with Gasteiger partial charge in [0.05, 0.1) is 10.7 Å². The zero-order valence-electron chi connectivity index (χ0n) is 14.0. The second-order valence-corrected chi connectivity index (χ2v) is 6.53. The molecule has 0 radical (unpaired) electrons. The Kier molecular flexibility index (Phi) is 5.92. The molecule has 0 heterocycles. The molecule has 3 aromatic carbocycles. The van der Waals surface area contributed by atoms with Gasteiger partial charge in [-0.15, -0.1) is 0 Å². The molecule has 3 rings (SSSR count). The predicted octanol–water partition coefficient (Wildman–Crippen LogP) is 6.77. The molecule has 0 aliphatic carbocycles. The number of nitrogens with zero attached hydrogens (tertiary/aromatic N) is 1. The van der Waals surface area contributed by atoms with Crippen LogP contribution in [0.25, 0.3) is 0 Å². The van der Waals surface area contributed by atoms with Crippen molar-refractivity contribution in [2.24, 2.45) is 4.99 Å². The minimum Gasteiger partial charge on any atom is -0.487 e. The molecule has 5 heteroatoms. The first-order valence-corrected chi connectivity index (χ1v) is 8.75. The summed E-state index contributed by atoms with van der Waals surface area (Å²) in [5, 5.41) is 1.11. The highest BCUT2D eigenvalue weighted by atomic mass is 35.5. The number of aliphatic imine (C=N–C) groups is 1. The Labute approximate surface area is 161 Å². The quantitative estimate of drug-likeness (QED) is 0.442. The number of hydrogen-bond acceptors (Lipinski definition) is 2. The monoisotopic (exact) mass is 387 g/mol. The lowest BCUT2D eigenvalue weighted by Gasteiger charge is -2.09. The Balaban J connectivity index is 1.72. The Hall–Kier alpha value is -2.36. The molecule has 3 aromatic rings. The van der Waals surface area contributed by atoms with Gasteiger partial charge in [-0.1, -0.05) is 47.5 Å². The van der Waals surface area contributed by atoms with Gasteiger partial charge in [0.1, 0.15) is 18.2 Å². The van der Waals surface area contributed by atoms with Gasteiger partial charge in [0.25, 0.3) is 0 Å². The zero-order valence-corrected chi connectivity index (χ0v) is 15.6. The lowest BCUT2D eigenvalue weighted by Crippen LogP contribution is -1.99. The molecular weight excluding hydrogens is 372 g/mol. The van der Waals surface area contributed by atoms with E-state index in [2.05, 4.69) is 4.99 Å². The van der Waals surface area contributed by atoms with E-state index < -0.39 is 0 Å². The average Bonchev–Trinajstić information content (AvgIpc) is 2.63. The second kappa shape index (κ2) is 8.35. The molecule has 0 N–H and O–H groups in total. The Morgan fingerprint density at radius 1 is 1.00 bits per heavy atom. The van der Waals surface area contributed by atoms with Gasteiger partial charge in [-0.25, -0.2) is 4.39 Å². The fourth-order valence-corrected chi connectivity index (χ4v) is 2.78. The molecule has 0 aliphatic heterocycles. The van der Waals surface area contributed by atoms with E-state index in [0.717, 1.165) is 16.8 Å². The van der Waals surface area contributed by atoms with Gasteiger partial charge >= 0.3 is 0 Å². The van der Waals surface area contributed by atoms with Crippen LogP contribution in [0.2, 0.25) is 10.0 Å². The van der Waals surface area contributed by atoms with Crippen molar-refractivity contribution >= 4 is 35.1 Å². The molecular formula is C21H16Cl2FNO. The summed E-state index contributed by atoms with van der Waals surface area (Å²) >= 11 is 12.4. The van der Waals surface area contributed by atoms with Crippen molar-refractivity contribution < 1.29 is 9.13 Å². The van der Waals surface area contributed by atoms with E-state index in [4.69, 9.17) is 27.9 Å². The van der Waals surface area contributed by atoms with E-state index in [9.17, 15) is 4.39 Å². The smallest absolute Gasteiger partial charge is 0.138 e. The summed E-state index contributed by atoms with van der Waals surface area (Å²) in [6.45, 7) is 2.03. The lowest BCUT2D eigenvalue weighted by atomic mass is 10.2. The summed E-state index contributed by atoms with van der Waals surface area (Å²) in [6.07, 6.45) is 1.71. The molecule has 0 fully saturated rings. The molecule has 0 spiro atoms. The minimum absolute atomic E-state index is 0.113. The van der Waals surface area contributed by atoms with Crippen LogP contribution in [0.5, 0.6) is 5.75 Å². The highest BCUT2D eigenvalue weighted by Crippen LogP contribution is 2.28. The zero-order chi connectivity index (χ0) is 18.5. The fourth-order valence-electron chi connectivity index (χ4n) is 2.37. The molecule has 0 saturated heterocycles. The van der Waals surface area contributed by atoms with Gasteiger partial charge in [0.15, 0.2) is 0 Å². The Bertz CT molecular complexity index is 956. The van der Waals surface area contributed by atoms with Gasteiger partial charge in [0, 0.05) is 16.8 Å². The van der Waals surface area contributed by atoms with Gasteiger partial charge in [-0.3, -0.25) is 4.99 Å². The van der Waals surface area contributed by atoms with E-state index in [1.165, 1.54) is 6.07 Å². The van der Waals surface area contributed by atoms with Crippen LogP contribution in [-0.4, -0.2) is 6.21 Å². The topological polar surface area (TPSA) is 21.6 Å². The summed E-state index contributed by atoms with van der Waals surface area (Å²) in [5.74, 6) is 0.190. The van der Waals surface area contributed by atoms with E-state index in [0.29, 0.717) is 21.4 Å². The fraction of sp³-hybridized carbons (Fsp3) is 0.0952. The summed E-state index contributed by atoms with van der Waals surface area (Å²) in [4.78, 5) is 4.45. The standard InChI is InChI=1S/C21H16Cl2FNO/c1-14-17(22)6-4-8-20(14)25-12-15-9-10-21(18(23)11-15)26-13-16-5-2-3-7-19(16)24/h2-12H,13H2,1H3. The first-order valence-electron chi connectivity index (χ1n) is 7.99. The molecule has 0 aromatic heterocycles. The highest BCUT2D eigenvalue weighted by Gasteiger charge is 2.06. The van der Waals surface area contributed by atoms with E-state index in [1.807, 2.05) is 31.2 Å². The molecule has 0 aliphatic rings. The van der Waals surface area contributed by atoms with Crippen molar-refractivity contribution in [3.63, 3.8) is 0 Å². The first kappa shape index (κ1) is 18.4. The van der Waals surface area contributed by atoms with Crippen LogP contribution in [0.3, 0.4) is 0 Å². The summed E-state index contributed by atoms with van der Waals surface area (Å²) in [7, 11) is 0. The van der Waals surface area contributed by atoms with Gasteiger partial charge in [-0.05, 0) is 54.4 Å². The number of benzene rings is 3. The van der Waals surface area contributed by atoms with Crippen molar-refractivity contribution in [1.29, 1.82) is 0 Å². The summed E-state index contributed by atoms with van der Waals surface area (Å²) in [6, 6.07) is 17.4. The number of ether oxygens (including phenoxy) is 1. The lowest BCUT2D eigenvalue weighted by molar-refractivity contribution is 0.300. The van der Waals surface area contributed by atoms with Crippen LogP contribution in [0.4, 0.5) is 10.1 Å². The molecule has 132 valence electrons. The van der Waals surface area contributed by atoms with Gasteiger partial charge < -0.3 is 4.74 Å². The molecule has 0 bridgehead atoms. The van der Waals surface area contributed by atoms with Crippen LogP contribution < -0.4 is 4.74 Å². The third-order valence-electron chi connectivity index (χ3n) is 3.89. The molecule has 0 saturated carbocycles. The summed E-state index contributed by atoms with van der Waals surface area (Å²) < 4.78 is 19.3. The van der Waals surface area contributed by atoms with Crippen LogP contribution in [0.1, 0.15) is 16.7 Å². The molecule has 0 amide bonds. The van der Waals surface area contributed by atoms with Gasteiger partial charge in [-0.2, -0.15) is 0 Å². The summed E-state index contributed by atoms with van der Waals surface area (Å²) in [5.41, 5.74) is 3.02. The minimum atomic E-state index is -0.302. The third kappa shape index (κ3) is 4.43. The Morgan fingerprint density at radius 2 is 1.81 bits per heavy atom. The average molecular weight is 388 g/mol. The van der Waals surface area contributed by atoms with Crippen molar-refractivity contribution in [2.75, 3.05) is 0 Å². The third-order valence-corrected chi connectivity index (χ3v) is 4.59. The Morgan fingerprint density at radius 3 is 2.58 bits per heavy atom. The number of halogens is 3. The van der Waals surface area contributed by atoms with Crippen molar-refractivity contribution in [1.82, 2.24) is 0 Å². The molecule has 26 heavy (non-hydrogen) atoms. The van der Waals surface area contributed by atoms with Crippen LogP contribution >= 0.6 is 23.2 Å². The number of rotatable bonds is 5. The van der Waals surface area contributed by atoms with E-state index in [-0.39, 0.29) is 12.4 Å². The normalized spacial score (nSPS) is 11.1. The maximum atomic E-state index is 13.6. The molecule has 2 nitrogen and oxygen atoms in total. The van der Waals surface area contributed by atoms with Crippen LogP contribution in [-0.2, 0) is 6.61 Å². The maximum absolute atomic E-state index is 13.6. The van der Waals surface area contributed by atoms with Crippen LogP contribution in [0.15, 0.2) is 65.7 Å². The van der Waals surface area contributed by atoms with E-state index in [1.54, 1.807) is 36.5 Å². The van der Waals surface area contributed by atoms with Crippen LogP contribution in [0, 0.1) is 12.7 Å². The molecule has 0 unspecified atom stereocenters. The van der Waals surface area contributed by atoms with Crippen molar-refractivity contribution in [2.45, 2.75) is 13.5 Å². The SMILES string of the molecule is Cc1c(Cl)cccc1N=Cc1ccc(OCc2ccccc2F)c(Cl)c1. The molecule has 0 atom stereocenters. The maximum Gasteiger partial charge on any atom is 0.138 e. The second-order valence-electron chi connectivity index (χ2n) is 5.71. The van der Waals surface area contributed by atoms with E-state index >= 15 is 0 Å². The first-order chi connectivity index (χ1) is 12.5. The van der Waals surface area contributed by atoms with Crippen molar-refractivity contribution in [3.05, 3.63) is 93.2 Å². The number of hydrogen-bond donors (Lipinski definition) is 0.